The van der Waals surface area contributed by atoms with E-state index in [4.69, 9.17) is 0 Å². The second kappa shape index (κ2) is 7.05. The van der Waals surface area contributed by atoms with Gasteiger partial charge in [-0.2, -0.15) is 0 Å². The van der Waals surface area contributed by atoms with Gasteiger partial charge in [0.25, 0.3) is 5.91 Å². The fourth-order valence-corrected chi connectivity index (χ4v) is 2.33. The molecule has 1 aliphatic rings. The van der Waals surface area contributed by atoms with Gasteiger partial charge in [0, 0.05) is 24.7 Å². The summed E-state index contributed by atoms with van der Waals surface area (Å²) in [5.74, 6) is -0.231. The zero-order chi connectivity index (χ0) is 14.4. The average Bonchev–Trinajstić information content (AvgIpc) is 2.70. The van der Waals surface area contributed by atoms with E-state index in [0.29, 0.717) is 12.1 Å². The number of carbonyl (C=O) groups excluding carboxylic acids is 2. The van der Waals surface area contributed by atoms with Gasteiger partial charge < -0.3 is 15.5 Å². The summed E-state index contributed by atoms with van der Waals surface area (Å²) in [6, 6.07) is 9.15. The zero-order valence-electron chi connectivity index (χ0n) is 11.8. The van der Waals surface area contributed by atoms with Crippen LogP contribution >= 0.6 is 0 Å². The number of amides is 2. The molecule has 20 heavy (non-hydrogen) atoms. The van der Waals surface area contributed by atoms with Crippen LogP contribution in [0.15, 0.2) is 30.3 Å². The van der Waals surface area contributed by atoms with E-state index in [0.717, 1.165) is 19.5 Å². The van der Waals surface area contributed by atoms with Crippen molar-refractivity contribution in [3.05, 3.63) is 35.9 Å². The van der Waals surface area contributed by atoms with Crippen LogP contribution in [-0.2, 0) is 4.79 Å². The quantitative estimate of drug-likeness (QED) is 0.850. The highest BCUT2D eigenvalue weighted by atomic mass is 16.2. The third-order valence-corrected chi connectivity index (χ3v) is 3.56. The summed E-state index contributed by atoms with van der Waals surface area (Å²) in [7, 11) is 0. The van der Waals surface area contributed by atoms with Gasteiger partial charge in [-0.3, -0.25) is 9.59 Å². The smallest absolute Gasteiger partial charge is 0.251 e. The number of nitrogens with one attached hydrogen (secondary N) is 2. The monoisotopic (exact) mass is 275 g/mol. The van der Waals surface area contributed by atoms with Crippen LogP contribution in [0.3, 0.4) is 0 Å². The molecule has 1 aromatic carbocycles. The predicted octanol–water partition coefficient (Wildman–Crippen LogP) is 0.627. The molecule has 1 saturated heterocycles. The van der Waals surface area contributed by atoms with Gasteiger partial charge in [-0.15, -0.1) is 0 Å². The first-order valence-corrected chi connectivity index (χ1v) is 7.02. The van der Waals surface area contributed by atoms with E-state index in [-0.39, 0.29) is 24.4 Å². The summed E-state index contributed by atoms with van der Waals surface area (Å²) in [4.78, 5) is 25.9. The summed E-state index contributed by atoms with van der Waals surface area (Å²) in [5.41, 5.74) is 0.575. The minimum Gasteiger partial charge on any atom is -0.343 e. The molecule has 1 fully saturated rings. The molecule has 0 bridgehead atoms. The number of benzene rings is 1. The number of rotatable bonds is 3. The van der Waals surface area contributed by atoms with Crippen LogP contribution in [0.4, 0.5) is 0 Å². The van der Waals surface area contributed by atoms with Gasteiger partial charge in [0.2, 0.25) is 5.91 Å². The molecular weight excluding hydrogens is 254 g/mol. The topological polar surface area (TPSA) is 61.4 Å². The molecule has 0 aliphatic carbocycles. The second-order valence-electron chi connectivity index (χ2n) is 5.02. The highest BCUT2D eigenvalue weighted by Crippen LogP contribution is 2.06. The third-order valence-electron chi connectivity index (χ3n) is 3.56. The Balaban J connectivity index is 1.86. The number of nitrogens with zero attached hydrogens (tertiary/aromatic N) is 1. The second-order valence-corrected chi connectivity index (χ2v) is 5.02. The van der Waals surface area contributed by atoms with Gasteiger partial charge in [0.15, 0.2) is 0 Å². The molecule has 2 rings (SSSR count). The summed E-state index contributed by atoms with van der Waals surface area (Å²) in [6.07, 6.45) is 0.943. The standard InChI is InChI=1S/C15H21N3O2/c1-12-7-8-16-9-10-18(12)14(19)11-17-15(20)13-5-3-2-4-6-13/h2-6,12,16H,7-11H2,1H3,(H,17,20). The number of carbonyl (C=O) groups is 2. The van der Waals surface area contributed by atoms with E-state index in [1.807, 2.05) is 17.9 Å². The average molecular weight is 275 g/mol. The van der Waals surface area contributed by atoms with Crippen molar-refractivity contribution < 1.29 is 9.59 Å². The van der Waals surface area contributed by atoms with E-state index in [1.54, 1.807) is 24.3 Å². The van der Waals surface area contributed by atoms with Crippen molar-refractivity contribution in [1.29, 1.82) is 0 Å². The molecule has 0 aromatic heterocycles. The maximum atomic E-state index is 12.2. The van der Waals surface area contributed by atoms with E-state index >= 15 is 0 Å². The lowest BCUT2D eigenvalue weighted by Crippen LogP contribution is -2.45. The minimum absolute atomic E-state index is 0.0227. The molecule has 5 heteroatoms. The number of hydrogen-bond acceptors (Lipinski definition) is 3. The van der Waals surface area contributed by atoms with Crippen molar-refractivity contribution in [2.24, 2.45) is 0 Å². The lowest BCUT2D eigenvalue weighted by atomic mass is 10.2. The third kappa shape index (κ3) is 3.81. The van der Waals surface area contributed by atoms with Crippen LogP contribution in [-0.4, -0.2) is 48.9 Å². The molecule has 0 spiro atoms. The van der Waals surface area contributed by atoms with Crippen LogP contribution in [0.1, 0.15) is 23.7 Å². The van der Waals surface area contributed by atoms with Crippen LogP contribution in [0.25, 0.3) is 0 Å². The van der Waals surface area contributed by atoms with Gasteiger partial charge in [-0.05, 0) is 32.0 Å². The van der Waals surface area contributed by atoms with Crippen molar-refractivity contribution in [1.82, 2.24) is 15.5 Å². The van der Waals surface area contributed by atoms with Gasteiger partial charge in [0.1, 0.15) is 0 Å². The summed E-state index contributed by atoms with van der Waals surface area (Å²) in [5, 5.41) is 5.96. The van der Waals surface area contributed by atoms with Crippen LogP contribution in [0.5, 0.6) is 0 Å². The highest BCUT2D eigenvalue weighted by molar-refractivity contribution is 5.96. The summed E-state index contributed by atoms with van der Waals surface area (Å²) < 4.78 is 0. The van der Waals surface area contributed by atoms with Gasteiger partial charge in [-0.1, -0.05) is 18.2 Å². The first kappa shape index (κ1) is 14.5. The molecule has 1 aliphatic heterocycles. The molecule has 0 radical (unpaired) electrons. The maximum absolute atomic E-state index is 12.2. The van der Waals surface area contributed by atoms with Crippen molar-refractivity contribution in [3.63, 3.8) is 0 Å². The van der Waals surface area contributed by atoms with Crippen molar-refractivity contribution in [2.75, 3.05) is 26.2 Å². The summed E-state index contributed by atoms with van der Waals surface area (Å²) in [6.45, 7) is 4.53. The molecular formula is C15H21N3O2. The normalized spacial score (nSPS) is 19.2. The van der Waals surface area contributed by atoms with E-state index < -0.39 is 0 Å². The number of hydrogen-bond donors (Lipinski definition) is 2. The fraction of sp³-hybridized carbons (Fsp3) is 0.467. The lowest BCUT2D eigenvalue weighted by molar-refractivity contribution is -0.131. The fourth-order valence-electron chi connectivity index (χ4n) is 2.33. The molecule has 2 amide bonds. The van der Waals surface area contributed by atoms with Gasteiger partial charge in [0.05, 0.1) is 6.54 Å². The van der Waals surface area contributed by atoms with E-state index in [9.17, 15) is 9.59 Å². The minimum atomic E-state index is -0.209. The molecule has 108 valence electrons. The van der Waals surface area contributed by atoms with Gasteiger partial charge in [-0.25, -0.2) is 0 Å². The van der Waals surface area contributed by atoms with Crippen molar-refractivity contribution in [3.8, 4) is 0 Å². The molecule has 1 unspecified atom stereocenters. The zero-order valence-corrected chi connectivity index (χ0v) is 11.8. The van der Waals surface area contributed by atoms with E-state index in [2.05, 4.69) is 10.6 Å². The Hall–Kier alpha value is -1.88. The molecule has 1 atom stereocenters. The Labute approximate surface area is 119 Å². The molecule has 1 aromatic rings. The molecule has 0 saturated carbocycles. The van der Waals surface area contributed by atoms with Crippen molar-refractivity contribution >= 4 is 11.8 Å². The first-order chi connectivity index (χ1) is 9.68. The Morgan fingerprint density at radius 3 is 2.80 bits per heavy atom. The Morgan fingerprint density at radius 2 is 2.05 bits per heavy atom. The SMILES string of the molecule is CC1CCNCCN1C(=O)CNC(=O)c1ccccc1. The Morgan fingerprint density at radius 1 is 1.30 bits per heavy atom. The Kier molecular flexibility index (Phi) is 5.12. The molecule has 1 heterocycles. The molecule has 2 N–H and O–H groups in total. The van der Waals surface area contributed by atoms with Crippen LogP contribution < -0.4 is 10.6 Å². The van der Waals surface area contributed by atoms with Crippen LogP contribution in [0.2, 0.25) is 0 Å². The largest absolute Gasteiger partial charge is 0.343 e. The first-order valence-electron chi connectivity index (χ1n) is 7.02. The summed E-state index contributed by atoms with van der Waals surface area (Å²) >= 11 is 0. The van der Waals surface area contributed by atoms with Crippen LogP contribution in [0, 0.1) is 0 Å². The predicted molar refractivity (Wildman–Crippen MR) is 77.4 cm³/mol. The lowest BCUT2D eigenvalue weighted by Gasteiger charge is -2.26. The molecule has 5 nitrogen and oxygen atoms in total. The maximum Gasteiger partial charge on any atom is 0.251 e. The highest BCUT2D eigenvalue weighted by Gasteiger charge is 2.21. The van der Waals surface area contributed by atoms with Gasteiger partial charge >= 0.3 is 0 Å². The van der Waals surface area contributed by atoms with E-state index in [1.165, 1.54) is 0 Å². The Bertz CT molecular complexity index is 461. The van der Waals surface area contributed by atoms with Crippen molar-refractivity contribution in [2.45, 2.75) is 19.4 Å².